The van der Waals surface area contributed by atoms with Gasteiger partial charge in [0, 0.05) is 14.2 Å². The van der Waals surface area contributed by atoms with Crippen molar-refractivity contribution < 1.29 is 0 Å². The fourth-order valence-electron chi connectivity index (χ4n) is 1.56. The van der Waals surface area contributed by atoms with E-state index >= 15 is 0 Å². The summed E-state index contributed by atoms with van der Waals surface area (Å²) < 4.78 is 1.19. The zero-order valence-corrected chi connectivity index (χ0v) is 13.1. The van der Waals surface area contributed by atoms with Crippen LogP contribution in [0.4, 0.5) is 0 Å². The fourth-order valence-corrected chi connectivity index (χ4v) is 4.59. The molecule has 0 nitrogen and oxygen atoms in total. The fraction of sp³-hybridized carbons (Fsp3) is 0.231. The summed E-state index contributed by atoms with van der Waals surface area (Å²) in [7, 11) is 0. The van der Waals surface area contributed by atoms with Gasteiger partial charge in [0.15, 0.2) is 0 Å². The van der Waals surface area contributed by atoms with Crippen molar-refractivity contribution in [2.24, 2.45) is 0 Å². The Morgan fingerprint density at radius 2 is 1.75 bits per heavy atom. The van der Waals surface area contributed by atoms with E-state index in [-0.39, 0.29) is 4.83 Å². The Morgan fingerprint density at radius 1 is 1.12 bits per heavy atom. The molecule has 3 heteroatoms. The average molecular weight is 360 g/mol. The summed E-state index contributed by atoms with van der Waals surface area (Å²) in [5.74, 6) is 0. The van der Waals surface area contributed by atoms with E-state index in [1.54, 1.807) is 0 Å². The molecule has 1 heterocycles. The summed E-state index contributed by atoms with van der Waals surface area (Å²) in [6, 6.07) is 10.8. The summed E-state index contributed by atoms with van der Waals surface area (Å²) in [6.45, 7) is 4.24. The van der Waals surface area contributed by atoms with Gasteiger partial charge in [0.05, 0.1) is 4.83 Å². The van der Waals surface area contributed by atoms with Crippen molar-refractivity contribution in [1.82, 2.24) is 0 Å². The highest BCUT2D eigenvalue weighted by molar-refractivity contribution is 9.11. The third kappa shape index (κ3) is 2.58. The van der Waals surface area contributed by atoms with Gasteiger partial charge in [-0.15, -0.1) is 11.3 Å². The molecule has 0 radical (unpaired) electrons. The van der Waals surface area contributed by atoms with Crippen LogP contribution in [0.25, 0.3) is 0 Å². The van der Waals surface area contributed by atoms with Gasteiger partial charge in [0.2, 0.25) is 0 Å². The normalized spacial score (nSPS) is 12.8. The lowest BCUT2D eigenvalue weighted by Gasteiger charge is -2.09. The van der Waals surface area contributed by atoms with Gasteiger partial charge in [-0.3, -0.25) is 0 Å². The van der Waals surface area contributed by atoms with Crippen molar-refractivity contribution in [2.45, 2.75) is 18.7 Å². The van der Waals surface area contributed by atoms with Crippen molar-refractivity contribution in [3.8, 4) is 0 Å². The van der Waals surface area contributed by atoms with Crippen LogP contribution in [0.3, 0.4) is 0 Å². The zero-order valence-electron chi connectivity index (χ0n) is 9.13. The van der Waals surface area contributed by atoms with Crippen LogP contribution in [-0.2, 0) is 0 Å². The van der Waals surface area contributed by atoms with Gasteiger partial charge >= 0.3 is 0 Å². The van der Waals surface area contributed by atoms with Gasteiger partial charge in [-0.25, -0.2) is 0 Å². The molecule has 0 N–H and O–H groups in total. The number of hydrogen-bond donors (Lipinski definition) is 0. The van der Waals surface area contributed by atoms with Crippen molar-refractivity contribution >= 4 is 43.2 Å². The molecule has 0 bridgehead atoms. The minimum absolute atomic E-state index is 0.279. The van der Waals surface area contributed by atoms with E-state index in [1.165, 1.54) is 25.4 Å². The maximum Gasteiger partial charge on any atom is 0.0749 e. The highest BCUT2D eigenvalue weighted by Gasteiger charge is 2.15. The Bertz CT molecular complexity index is 485. The lowest BCUT2D eigenvalue weighted by molar-refractivity contribution is 1.21. The topological polar surface area (TPSA) is 0 Å². The third-order valence-corrected chi connectivity index (χ3v) is 5.76. The molecule has 2 rings (SSSR count). The van der Waals surface area contributed by atoms with Crippen LogP contribution in [0.1, 0.15) is 25.7 Å². The number of thiophene rings is 1. The first-order valence-electron chi connectivity index (χ1n) is 5.04. The van der Waals surface area contributed by atoms with Gasteiger partial charge in [0.25, 0.3) is 0 Å². The van der Waals surface area contributed by atoms with E-state index < -0.39 is 0 Å². The summed E-state index contributed by atoms with van der Waals surface area (Å²) in [5, 5.41) is 0. The molecule has 0 saturated carbocycles. The van der Waals surface area contributed by atoms with Crippen LogP contribution in [-0.4, -0.2) is 0 Å². The minimum Gasteiger partial charge on any atom is -0.143 e. The maximum atomic E-state index is 3.76. The second-order valence-electron chi connectivity index (χ2n) is 3.84. The molecule has 1 atom stereocenters. The number of alkyl halides is 1. The summed E-state index contributed by atoms with van der Waals surface area (Å²) in [6.07, 6.45) is 0. The number of aryl methyl sites for hydroxylation is 2. The first-order chi connectivity index (χ1) is 7.58. The van der Waals surface area contributed by atoms with Crippen molar-refractivity contribution in [3.63, 3.8) is 0 Å². The Balaban J connectivity index is 2.35. The Hall–Kier alpha value is -0.120. The Labute approximate surface area is 117 Å². The minimum atomic E-state index is 0.279. The molecule has 0 aliphatic rings. The number of hydrogen-bond acceptors (Lipinski definition) is 1. The monoisotopic (exact) mass is 358 g/mol. The predicted octanol–water partition coefficient (Wildman–Crippen LogP) is 5.61. The molecule has 2 aromatic rings. The van der Waals surface area contributed by atoms with Crippen LogP contribution in [0.2, 0.25) is 0 Å². The number of rotatable bonds is 2. The van der Waals surface area contributed by atoms with Gasteiger partial charge in [-0.1, -0.05) is 45.8 Å². The smallest absolute Gasteiger partial charge is 0.0749 e. The van der Waals surface area contributed by atoms with E-state index in [0.717, 1.165) is 0 Å². The third-order valence-electron chi connectivity index (χ3n) is 2.44. The molecule has 0 fully saturated rings. The standard InChI is InChI=1S/C13H12Br2S/c1-8-3-5-10(6-4-8)12(15)13-11(14)7-9(2)16-13/h3-7,12H,1-2H3. The van der Waals surface area contributed by atoms with E-state index in [1.807, 2.05) is 11.3 Å². The average Bonchev–Trinajstić information content (AvgIpc) is 2.58. The SMILES string of the molecule is Cc1ccc(C(Br)c2sc(C)cc2Br)cc1. The van der Waals surface area contributed by atoms with Gasteiger partial charge in [-0.05, 0) is 41.4 Å². The van der Waals surface area contributed by atoms with Crippen LogP contribution in [0, 0.1) is 13.8 Å². The van der Waals surface area contributed by atoms with E-state index in [9.17, 15) is 0 Å². The van der Waals surface area contributed by atoms with Crippen molar-refractivity contribution in [1.29, 1.82) is 0 Å². The zero-order chi connectivity index (χ0) is 11.7. The molecule has 1 aromatic carbocycles. The van der Waals surface area contributed by atoms with Gasteiger partial charge in [-0.2, -0.15) is 0 Å². The predicted molar refractivity (Wildman–Crippen MR) is 78.7 cm³/mol. The second-order valence-corrected chi connectivity index (χ2v) is 6.90. The molecule has 0 amide bonds. The van der Waals surface area contributed by atoms with Crippen LogP contribution in [0.15, 0.2) is 34.8 Å². The highest BCUT2D eigenvalue weighted by atomic mass is 79.9. The van der Waals surface area contributed by atoms with Gasteiger partial charge in [0.1, 0.15) is 0 Å². The first kappa shape index (κ1) is 12.3. The van der Waals surface area contributed by atoms with Gasteiger partial charge < -0.3 is 0 Å². The molecular formula is C13H12Br2S. The Kier molecular flexibility index (Phi) is 3.88. The molecule has 1 aromatic heterocycles. The van der Waals surface area contributed by atoms with Crippen molar-refractivity contribution in [3.05, 3.63) is 55.7 Å². The van der Waals surface area contributed by atoms with E-state index in [4.69, 9.17) is 0 Å². The first-order valence-corrected chi connectivity index (χ1v) is 7.57. The summed E-state index contributed by atoms with van der Waals surface area (Å²) in [5.41, 5.74) is 2.60. The number of benzene rings is 1. The van der Waals surface area contributed by atoms with Crippen LogP contribution in [0.5, 0.6) is 0 Å². The molecule has 0 aliphatic carbocycles. The lowest BCUT2D eigenvalue weighted by atomic mass is 10.1. The van der Waals surface area contributed by atoms with Crippen LogP contribution >= 0.6 is 43.2 Å². The molecule has 0 aliphatic heterocycles. The van der Waals surface area contributed by atoms with Crippen LogP contribution < -0.4 is 0 Å². The summed E-state index contributed by atoms with van der Waals surface area (Å²) in [4.78, 5) is 2.95. The second kappa shape index (κ2) is 5.03. The molecule has 16 heavy (non-hydrogen) atoms. The molecular weight excluding hydrogens is 348 g/mol. The molecule has 84 valence electrons. The Morgan fingerprint density at radius 3 is 2.25 bits per heavy atom. The maximum absolute atomic E-state index is 3.76. The molecule has 0 spiro atoms. The molecule has 0 saturated heterocycles. The largest absolute Gasteiger partial charge is 0.143 e. The molecule has 1 unspecified atom stereocenters. The number of halogens is 2. The van der Waals surface area contributed by atoms with Crippen molar-refractivity contribution in [2.75, 3.05) is 0 Å². The quantitative estimate of drug-likeness (QED) is 0.611. The highest BCUT2D eigenvalue weighted by Crippen LogP contribution is 2.40. The summed E-state index contributed by atoms with van der Waals surface area (Å²) >= 11 is 9.20. The lowest BCUT2D eigenvalue weighted by Crippen LogP contribution is -1.90. The van der Waals surface area contributed by atoms with E-state index in [2.05, 4.69) is 76.0 Å². The van der Waals surface area contributed by atoms with E-state index in [0.29, 0.717) is 0 Å².